The molecule has 1 aromatic carbocycles. The minimum atomic E-state index is -0.438. The molecule has 1 aliphatic rings. The van der Waals surface area contributed by atoms with Gasteiger partial charge in [-0.15, -0.1) is 0 Å². The highest BCUT2D eigenvalue weighted by molar-refractivity contribution is 5.77. The molecule has 3 rings (SSSR count). The number of benzene rings is 1. The molecule has 0 N–H and O–H groups in total. The van der Waals surface area contributed by atoms with Crippen molar-refractivity contribution >= 4 is 11.6 Å². The third kappa shape index (κ3) is 3.55. The molecule has 0 saturated carbocycles. The summed E-state index contributed by atoms with van der Waals surface area (Å²) in [5.41, 5.74) is 1.98. The zero-order valence-corrected chi connectivity index (χ0v) is 14.5. The van der Waals surface area contributed by atoms with Crippen LogP contribution in [0.15, 0.2) is 30.3 Å². The predicted octanol–water partition coefficient (Wildman–Crippen LogP) is 2.64. The molecule has 1 aliphatic heterocycles. The Kier molecular flexibility index (Phi) is 4.83. The molecule has 0 aliphatic carbocycles. The molecule has 1 fully saturated rings. The maximum atomic E-state index is 12.8. The van der Waals surface area contributed by atoms with Gasteiger partial charge in [-0.05, 0) is 38.7 Å². The molecule has 1 atom stereocenters. The molecule has 2 heterocycles. The number of carbonyl (C=O) groups is 1. The molecule has 1 saturated heterocycles. The number of carbonyl (C=O) groups excluding carboxylic acids is 1. The zero-order valence-electron chi connectivity index (χ0n) is 14.5. The first kappa shape index (κ1) is 17.1. The van der Waals surface area contributed by atoms with E-state index in [4.69, 9.17) is 0 Å². The van der Waals surface area contributed by atoms with E-state index in [1.54, 1.807) is 13.8 Å². The number of nitro groups is 1. The number of hydrogen-bond acceptors (Lipinski definition) is 4. The molecule has 0 spiro atoms. The van der Waals surface area contributed by atoms with E-state index in [1.165, 1.54) is 10.2 Å². The SMILES string of the molecule is Cc1nn(CC(=O)N2CCCC2Cc2ccccc2)c(C)c1[N+](=O)[O-]. The lowest BCUT2D eigenvalue weighted by Crippen LogP contribution is -2.39. The Labute approximate surface area is 146 Å². The van der Waals surface area contributed by atoms with Crippen molar-refractivity contribution in [1.29, 1.82) is 0 Å². The first-order chi connectivity index (χ1) is 12.0. The van der Waals surface area contributed by atoms with Gasteiger partial charge in [0.2, 0.25) is 5.91 Å². The van der Waals surface area contributed by atoms with Crippen LogP contribution in [0, 0.1) is 24.0 Å². The lowest BCUT2D eigenvalue weighted by Gasteiger charge is -2.25. The van der Waals surface area contributed by atoms with Crippen LogP contribution in [-0.4, -0.2) is 38.1 Å². The highest BCUT2D eigenvalue weighted by Gasteiger charge is 2.30. The number of rotatable bonds is 5. The average molecular weight is 342 g/mol. The Morgan fingerprint density at radius 2 is 2.04 bits per heavy atom. The van der Waals surface area contributed by atoms with Crippen molar-refractivity contribution in [2.45, 2.75) is 45.7 Å². The van der Waals surface area contributed by atoms with Crippen molar-refractivity contribution in [3.05, 3.63) is 57.4 Å². The standard InChI is InChI=1S/C18H22N4O3/c1-13-18(22(24)25)14(2)21(19-13)12-17(23)20-10-6-9-16(20)11-15-7-4-3-5-8-15/h3-5,7-8,16H,6,9-12H2,1-2H3. The van der Waals surface area contributed by atoms with Crippen molar-refractivity contribution in [1.82, 2.24) is 14.7 Å². The normalized spacial score (nSPS) is 17.0. The summed E-state index contributed by atoms with van der Waals surface area (Å²) >= 11 is 0. The van der Waals surface area contributed by atoms with Crippen LogP contribution in [0.2, 0.25) is 0 Å². The largest absolute Gasteiger partial charge is 0.338 e. The molecule has 25 heavy (non-hydrogen) atoms. The van der Waals surface area contributed by atoms with Gasteiger partial charge in [-0.2, -0.15) is 5.10 Å². The van der Waals surface area contributed by atoms with E-state index >= 15 is 0 Å². The van der Waals surface area contributed by atoms with Crippen LogP contribution in [0.5, 0.6) is 0 Å². The molecule has 1 unspecified atom stereocenters. The lowest BCUT2D eigenvalue weighted by atomic mass is 10.0. The molecule has 1 amide bonds. The van der Waals surface area contributed by atoms with E-state index in [1.807, 2.05) is 23.1 Å². The zero-order chi connectivity index (χ0) is 18.0. The summed E-state index contributed by atoms with van der Waals surface area (Å²) in [6, 6.07) is 10.3. The number of hydrogen-bond donors (Lipinski definition) is 0. The highest BCUT2D eigenvalue weighted by Crippen LogP contribution is 2.24. The third-order valence-corrected chi connectivity index (χ3v) is 4.82. The Bertz CT molecular complexity index is 785. The lowest BCUT2D eigenvalue weighted by molar-refractivity contribution is -0.386. The average Bonchev–Trinajstić information content (AvgIpc) is 3.13. The van der Waals surface area contributed by atoms with Crippen LogP contribution >= 0.6 is 0 Å². The van der Waals surface area contributed by atoms with Gasteiger partial charge in [0.15, 0.2) is 0 Å². The molecule has 7 nitrogen and oxygen atoms in total. The van der Waals surface area contributed by atoms with Gasteiger partial charge in [0, 0.05) is 12.6 Å². The maximum absolute atomic E-state index is 12.8. The van der Waals surface area contributed by atoms with Crippen molar-refractivity contribution in [2.24, 2.45) is 0 Å². The van der Waals surface area contributed by atoms with Crippen LogP contribution in [0.25, 0.3) is 0 Å². The van der Waals surface area contributed by atoms with Gasteiger partial charge in [0.1, 0.15) is 17.9 Å². The summed E-state index contributed by atoms with van der Waals surface area (Å²) in [5.74, 6) is -0.0288. The minimum absolute atomic E-state index is 0.00458. The van der Waals surface area contributed by atoms with E-state index in [-0.39, 0.29) is 24.2 Å². The molecule has 7 heteroatoms. The van der Waals surface area contributed by atoms with Gasteiger partial charge >= 0.3 is 5.69 Å². The van der Waals surface area contributed by atoms with Crippen molar-refractivity contribution in [3.8, 4) is 0 Å². The topological polar surface area (TPSA) is 81.3 Å². The summed E-state index contributed by atoms with van der Waals surface area (Å²) in [6.45, 7) is 4.01. The fraction of sp³-hybridized carbons (Fsp3) is 0.444. The van der Waals surface area contributed by atoms with Crippen molar-refractivity contribution in [3.63, 3.8) is 0 Å². The Balaban J connectivity index is 1.72. The van der Waals surface area contributed by atoms with Gasteiger partial charge in [-0.25, -0.2) is 0 Å². The van der Waals surface area contributed by atoms with Gasteiger partial charge in [-0.3, -0.25) is 19.6 Å². The third-order valence-electron chi connectivity index (χ3n) is 4.82. The van der Waals surface area contributed by atoms with E-state index in [9.17, 15) is 14.9 Å². The molecule has 2 aromatic rings. The Morgan fingerprint density at radius 1 is 1.32 bits per heavy atom. The Hall–Kier alpha value is -2.70. The number of likely N-dealkylation sites (tertiary alicyclic amines) is 1. The van der Waals surface area contributed by atoms with Crippen LogP contribution in [0.4, 0.5) is 5.69 Å². The monoisotopic (exact) mass is 342 g/mol. The van der Waals surface area contributed by atoms with Crippen LogP contribution in [-0.2, 0) is 17.8 Å². The van der Waals surface area contributed by atoms with Gasteiger partial charge in [0.25, 0.3) is 0 Å². The van der Waals surface area contributed by atoms with E-state index in [0.717, 1.165) is 25.8 Å². The van der Waals surface area contributed by atoms with Gasteiger partial charge in [-0.1, -0.05) is 30.3 Å². The molecule has 0 radical (unpaired) electrons. The second-order valence-corrected chi connectivity index (χ2v) is 6.51. The molecular formula is C18H22N4O3. The first-order valence-corrected chi connectivity index (χ1v) is 8.49. The first-order valence-electron chi connectivity index (χ1n) is 8.49. The molecular weight excluding hydrogens is 320 g/mol. The molecule has 132 valence electrons. The van der Waals surface area contributed by atoms with E-state index in [2.05, 4.69) is 17.2 Å². The summed E-state index contributed by atoms with van der Waals surface area (Å²) in [7, 11) is 0. The second-order valence-electron chi connectivity index (χ2n) is 6.51. The number of aryl methyl sites for hydroxylation is 1. The molecule has 0 bridgehead atoms. The number of nitrogens with zero attached hydrogens (tertiary/aromatic N) is 4. The van der Waals surface area contributed by atoms with Gasteiger partial charge in [0.05, 0.1) is 4.92 Å². The van der Waals surface area contributed by atoms with Gasteiger partial charge < -0.3 is 4.90 Å². The minimum Gasteiger partial charge on any atom is -0.338 e. The summed E-state index contributed by atoms with van der Waals surface area (Å²) < 4.78 is 1.45. The second kappa shape index (κ2) is 7.04. The van der Waals surface area contributed by atoms with Crippen molar-refractivity contribution in [2.75, 3.05) is 6.54 Å². The smallest absolute Gasteiger partial charge is 0.312 e. The van der Waals surface area contributed by atoms with E-state index < -0.39 is 4.92 Å². The fourth-order valence-corrected chi connectivity index (χ4v) is 3.59. The summed E-state index contributed by atoms with van der Waals surface area (Å²) in [6.07, 6.45) is 2.81. The van der Waals surface area contributed by atoms with Crippen LogP contribution in [0.3, 0.4) is 0 Å². The number of amides is 1. The Morgan fingerprint density at radius 3 is 2.68 bits per heavy atom. The molecule has 1 aromatic heterocycles. The van der Waals surface area contributed by atoms with Crippen molar-refractivity contribution < 1.29 is 9.72 Å². The fourth-order valence-electron chi connectivity index (χ4n) is 3.59. The quantitative estimate of drug-likeness (QED) is 0.618. The highest BCUT2D eigenvalue weighted by atomic mass is 16.6. The number of aromatic nitrogens is 2. The predicted molar refractivity (Wildman–Crippen MR) is 93.2 cm³/mol. The summed E-state index contributed by atoms with van der Waals surface area (Å²) in [4.78, 5) is 25.3. The van der Waals surface area contributed by atoms with E-state index in [0.29, 0.717) is 11.4 Å². The maximum Gasteiger partial charge on any atom is 0.312 e. The van der Waals surface area contributed by atoms with Crippen LogP contribution < -0.4 is 0 Å². The van der Waals surface area contributed by atoms with Crippen LogP contribution in [0.1, 0.15) is 29.8 Å². The summed E-state index contributed by atoms with van der Waals surface area (Å²) in [5, 5.41) is 15.3.